The number of nitrogens with one attached hydrogen (secondary N) is 3. The zero-order chi connectivity index (χ0) is 37.8. The minimum absolute atomic E-state index is 0.00870. The normalized spacial score (nSPS) is 17.8. The molecular formula is C38H56N8O6. The Kier molecular flexibility index (Phi) is 22.3. The van der Waals surface area contributed by atoms with Crippen LogP contribution in [-0.2, 0) is 14.3 Å². The fourth-order valence-electron chi connectivity index (χ4n) is 5.02. The number of likely N-dealkylation sites (N-methyl/N-ethyl adjacent to an activating group) is 1. The molecule has 0 saturated carbocycles. The van der Waals surface area contributed by atoms with Crippen molar-refractivity contribution < 1.29 is 19.1 Å². The first-order chi connectivity index (χ1) is 25.2. The Morgan fingerprint density at radius 2 is 1.52 bits per heavy atom. The van der Waals surface area contributed by atoms with Gasteiger partial charge in [0, 0.05) is 55.7 Å². The van der Waals surface area contributed by atoms with E-state index in [2.05, 4.69) is 99.4 Å². The number of alkyl carbamates (subject to hydrolysis) is 1. The summed E-state index contributed by atoms with van der Waals surface area (Å²) >= 11 is 0. The first-order valence-electron chi connectivity index (χ1n) is 18.0. The average molecular weight is 721 g/mol. The monoisotopic (exact) mass is 720 g/mol. The second-order valence-electron chi connectivity index (χ2n) is 12.2. The van der Waals surface area contributed by atoms with Crippen LogP contribution >= 0.6 is 0 Å². The summed E-state index contributed by atoms with van der Waals surface area (Å²) in [7, 11) is 1.88. The molecule has 14 heteroatoms. The molecule has 1 saturated heterocycles. The van der Waals surface area contributed by atoms with E-state index in [1.54, 1.807) is 6.92 Å². The number of hydrogen-bond acceptors (Lipinski definition) is 8. The molecule has 1 fully saturated rings. The summed E-state index contributed by atoms with van der Waals surface area (Å²) in [5.74, 6) is -0.00870. The lowest BCUT2D eigenvalue weighted by molar-refractivity contribution is -0.121. The van der Waals surface area contributed by atoms with Crippen molar-refractivity contribution in [1.29, 1.82) is 0 Å². The summed E-state index contributed by atoms with van der Waals surface area (Å²) in [4.78, 5) is 55.4. The lowest BCUT2D eigenvalue weighted by Gasteiger charge is -2.18. The van der Waals surface area contributed by atoms with Crippen molar-refractivity contribution in [3.63, 3.8) is 0 Å². The number of carbonyl (C=O) groups is 2. The highest BCUT2D eigenvalue weighted by Gasteiger charge is 2.37. The largest absolute Gasteiger partial charge is 0.447 e. The van der Waals surface area contributed by atoms with Crippen molar-refractivity contribution in [2.45, 2.75) is 90.0 Å². The number of H-pyrrole nitrogens is 1. The molecule has 2 amide bonds. The molecule has 0 aliphatic carbocycles. The predicted octanol–water partition coefficient (Wildman–Crippen LogP) is 6.06. The van der Waals surface area contributed by atoms with Crippen molar-refractivity contribution >= 4 is 12.0 Å². The number of aromatic nitrogens is 2. The average Bonchev–Trinajstić information content (AvgIpc) is 3.52. The van der Waals surface area contributed by atoms with Crippen LogP contribution in [0.3, 0.4) is 0 Å². The number of allylic oxidation sites excluding steroid dienone is 12. The molecule has 1 aliphatic rings. The van der Waals surface area contributed by atoms with Crippen LogP contribution in [0.4, 0.5) is 4.79 Å². The van der Waals surface area contributed by atoms with E-state index in [0.717, 1.165) is 38.5 Å². The standard InChI is InChI=1S/C38H56N8O6/c1-4-5-6-7-8-9-10-11-12-13-14-15-16-17-18-19-20-21-22-23-34(47)40-24-26-45(3)27-25-41-38(50)51-30-33-32(43-44-39)28-35(52-33)46-29-31(2)36(48)42-37(46)49/h5-6,8-9,11-12,14-15,17-18,20-21,29,32-33,35H,4,7,10,13,16,19,22-28,30H2,1-3H3,(H,40,47)(H,41,50)(H,42,48,49)/b6-5-,9-8-,12-11-,15-14-,18-17-,21-20-/t32-,33+,35?/m0/s1. The smallest absolute Gasteiger partial charge is 0.407 e. The number of hydrogen-bond donors (Lipinski definition) is 3. The molecule has 1 unspecified atom stereocenters. The van der Waals surface area contributed by atoms with Crippen LogP contribution in [0, 0.1) is 6.92 Å². The topological polar surface area (TPSA) is 184 Å². The second kappa shape index (κ2) is 26.8. The van der Waals surface area contributed by atoms with Gasteiger partial charge in [0.1, 0.15) is 18.9 Å². The number of nitrogens with zero attached hydrogens (tertiary/aromatic N) is 5. The Morgan fingerprint density at radius 1 is 0.962 bits per heavy atom. The van der Waals surface area contributed by atoms with E-state index in [-0.39, 0.29) is 18.9 Å². The molecule has 3 N–H and O–H groups in total. The summed E-state index contributed by atoms with van der Waals surface area (Å²) in [6.07, 6.45) is 32.0. The van der Waals surface area contributed by atoms with Crippen molar-refractivity contribution in [1.82, 2.24) is 25.1 Å². The van der Waals surface area contributed by atoms with Crippen LogP contribution in [0.5, 0.6) is 0 Å². The highest BCUT2D eigenvalue weighted by Crippen LogP contribution is 2.30. The van der Waals surface area contributed by atoms with E-state index in [9.17, 15) is 19.2 Å². The fraction of sp³-hybridized carbons (Fsp3) is 0.526. The van der Waals surface area contributed by atoms with E-state index in [1.165, 1.54) is 10.8 Å². The summed E-state index contributed by atoms with van der Waals surface area (Å²) in [5.41, 5.74) is 8.12. The third-order valence-electron chi connectivity index (χ3n) is 7.95. The Bertz CT molecular complexity index is 1570. The Balaban J connectivity index is 1.50. The maximum atomic E-state index is 12.3. The third kappa shape index (κ3) is 18.9. The molecule has 2 heterocycles. The summed E-state index contributed by atoms with van der Waals surface area (Å²) < 4.78 is 12.3. The molecule has 3 atom stereocenters. The molecular weight excluding hydrogens is 664 g/mol. The molecule has 1 aliphatic heterocycles. The molecule has 0 radical (unpaired) electrons. The molecule has 1 aromatic heterocycles. The molecule has 0 spiro atoms. The van der Waals surface area contributed by atoms with Crippen molar-refractivity contribution in [2.24, 2.45) is 5.11 Å². The van der Waals surface area contributed by atoms with E-state index < -0.39 is 35.7 Å². The van der Waals surface area contributed by atoms with Gasteiger partial charge in [-0.1, -0.05) is 85.0 Å². The van der Waals surface area contributed by atoms with Gasteiger partial charge in [0.25, 0.3) is 5.56 Å². The lowest BCUT2D eigenvalue weighted by atomic mass is 10.1. The lowest BCUT2D eigenvalue weighted by Crippen LogP contribution is -2.38. The van der Waals surface area contributed by atoms with Gasteiger partial charge in [0.15, 0.2) is 0 Å². The highest BCUT2D eigenvalue weighted by molar-refractivity contribution is 5.75. The fourth-order valence-corrected chi connectivity index (χ4v) is 5.02. The number of aromatic amines is 1. The van der Waals surface area contributed by atoms with Crippen LogP contribution in [0.2, 0.25) is 0 Å². The Hall–Kier alpha value is -4.91. The highest BCUT2D eigenvalue weighted by atomic mass is 16.6. The van der Waals surface area contributed by atoms with Crippen LogP contribution in [0.25, 0.3) is 10.4 Å². The first kappa shape index (κ1) is 43.3. The van der Waals surface area contributed by atoms with Crippen LogP contribution in [0.1, 0.15) is 76.5 Å². The molecule has 1 aromatic rings. The maximum absolute atomic E-state index is 12.3. The number of aryl methyl sites for hydroxylation is 1. The summed E-state index contributed by atoms with van der Waals surface area (Å²) in [6, 6.07) is -0.672. The second-order valence-corrected chi connectivity index (χ2v) is 12.2. The SMILES string of the molecule is CC/C=C\C/C=C\C/C=C\C/C=C\C/C=C\C/C=C\CCC(=O)NCCN(C)CCNC(=O)OC[C@H]1OC(n2cc(C)c(=O)[nH]c2=O)C[C@@H]1N=[N+]=[N-]. The van der Waals surface area contributed by atoms with Crippen LogP contribution < -0.4 is 21.9 Å². The quantitative estimate of drug-likeness (QED) is 0.0502. The minimum Gasteiger partial charge on any atom is -0.447 e. The van der Waals surface area contributed by atoms with Gasteiger partial charge in [-0.25, -0.2) is 9.59 Å². The van der Waals surface area contributed by atoms with Gasteiger partial charge in [-0.05, 0) is 64.4 Å². The number of ether oxygens (including phenoxy) is 2. The summed E-state index contributed by atoms with van der Waals surface area (Å²) in [5, 5.41) is 9.30. The van der Waals surface area contributed by atoms with Crippen LogP contribution in [-0.4, -0.2) is 78.4 Å². The van der Waals surface area contributed by atoms with E-state index in [0.29, 0.717) is 44.6 Å². The zero-order valence-electron chi connectivity index (χ0n) is 30.8. The van der Waals surface area contributed by atoms with Gasteiger partial charge in [-0.15, -0.1) is 0 Å². The minimum atomic E-state index is -0.791. The Morgan fingerprint density at radius 3 is 2.10 bits per heavy atom. The molecule has 52 heavy (non-hydrogen) atoms. The molecule has 14 nitrogen and oxygen atoms in total. The van der Waals surface area contributed by atoms with Gasteiger partial charge in [-0.3, -0.25) is 19.1 Å². The molecule has 0 aromatic carbocycles. The third-order valence-corrected chi connectivity index (χ3v) is 7.95. The zero-order valence-corrected chi connectivity index (χ0v) is 30.8. The van der Waals surface area contributed by atoms with E-state index in [1.807, 2.05) is 18.0 Å². The van der Waals surface area contributed by atoms with E-state index in [4.69, 9.17) is 15.0 Å². The van der Waals surface area contributed by atoms with Gasteiger partial charge >= 0.3 is 11.8 Å². The van der Waals surface area contributed by atoms with Crippen molar-refractivity contribution in [2.75, 3.05) is 39.8 Å². The van der Waals surface area contributed by atoms with E-state index >= 15 is 0 Å². The van der Waals surface area contributed by atoms with Crippen molar-refractivity contribution in [3.8, 4) is 0 Å². The van der Waals surface area contributed by atoms with Gasteiger partial charge < -0.3 is 25.0 Å². The number of rotatable bonds is 24. The summed E-state index contributed by atoms with van der Waals surface area (Å²) in [6.45, 7) is 5.45. The molecule has 0 bridgehead atoms. The maximum Gasteiger partial charge on any atom is 0.407 e. The number of azide groups is 1. The number of amides is 2. The predicted molar refractivity (Wildman–Crippen MR) is 205 cm³/mol. The van der Waals surface area contributed by atoms with Gasteiger partial charge in [0.2, 0.25) is 5.91 Å². The first-order valence-corrected chi connectivity index (χ1v) is 18.0. The molecule has 284 valence electrons. The van der Waals surface area contributed by atoms with Crippen LogP contribution in [0.15, 0.2) is 93.8 Å². The van der Waals surface area contributed by atoms with Gasteiger partial charge in [0.05, 0.1) is 6.04 Å². The number of carbonyl (C=O) groups excluding carboxylic acids is 2. The van der Waals surface area contributed by atoms with Crippen molar-refractivity contribution in [3.05, 3.63) is 116 Å². The Labute approximate surface area is 306 Å². The van der Waals surface area contributed by atoms with Gasteiger partial charge in [-0.2, -0.15) is 0 Å². The molecule has 2 rings (SSSR count).